The van der Waals surface area contributed by atoms with Crippen molar-refractivity contribution in [1.29, 1.82) is 0 Å². The topological polar surface area (TPSA) is 38.1 Å². The molecular weight excluding hydrogens is 152 g/mol. The molecule has 0 aromatic carbocycles. The van der Waals surface area contributed by atoms with E-state index in [9.17, 15) is 0 Å². The van der Waals surface area contributed by atoms with Gasteiger partial charge in [-0.1, -0.05) is 5.92 Å². The molecule has 1 aromatic heterocycles. The van der Waals surface area contributed by atoms with Crippen LogP contribution in [0, 0.1) is 18.8 Å². The van der Waals surface area contributed by atoms with Crippen LogP contribution in [0.5, 0.6) is 0 Å². The van der Waals surface area contributed by atoms with Gasteiger partial charge in [-0.2, -0.15) is 0 Å². The standard InChI is InChI=1S/C9H12N2O/c1-3-4-5-10-6-9-7-11-8(2)12-9/h7,10H,5-6H2,1-2H3. The minimum absolute atomic E-state index is 0.690. The van der Waals surface area contributed by atoms with Crippen molar-refractivity contribution in [2.24, 2.45) is 0 Å². The van der Waals surface area contributed by atoms with E-state index < -0.39 is 0 Å². The number of hydrogen-bond acceptors (Lipinski definition) is 3. The van der Waals surface area contributed by atoms with Crippen LogP contribution in [-0.4, -0.2) is 11.5 Å². The largest absolute Gasteiger partial charge is 0.445 e. The van der Waals surface area contributed by atoms with Gasteiger partial charge in [-0.05, 0) is 6.92 Å². The molecule has 0 fully saturated rings. The van der Waals surface area contributed by atoms with Crippen LogP contribution in [0.2, 0.25) is 0 Å². The maximum Gasteiger partial charge on any atom is 0.191 e. The van der Waals surface area contributed by atoms with Crippen molar-refractivity contribution in [3.8, 4) is 11.8 Å². The van der Waals surface area contributed by atoms with E-state index in [1.807, 2.05) is 13.8 Å². The first-order chi connectivity index (χ1) is 5.83. The van der Waals surface area contributed by atoms with E-state index in [4.69, 9.17) is 4.42 Å². The molecule has 0 spiro atoms. The van der Waals surface area contributed by atoms with Crippen molar-refractivity contribution >= 4 is 0 Å². The lowest BCUT2D eigenvalue weighted by molar-refractivity contribution is 0.461. The Morgan fingerprint density at radius 3 is 3.08 bits per heavy atom. The molecule has 0 atom stereocenters. The van der Waals surface area contributed by atoms with E-state index in [1.165, 1.54) is 0 Å². The Labute approximate surface area is 72.2 Å². The monoisotopic (exact) mass is 164 g/mol. The Morgan fingerprint density at radius 2 is 2.50 bits per heavy atom. The molecular formula is C9H12N2O. The molecule has 3 nitrogen and oxygen atoms in total. The zero-order valence-corrected chi connectivity index (χ0v) is 7.35. The van der Waals surface area contributed by atoms with Crippen LogP contribution in [0.25, 0.3) is 0 Å². The molecule has 3 heteroatoms. The van der Waals surface area contributed by atoms with Gasteiger partial charge < -0.3 is 4.42 Å². The summed E-state index contributed by atoms with van der Waals surface area (Å²) in [4.78, 5) is 3.97. The highest BCUT2D eigenvalue weighted by Crippen LogP contribution is 2.00. The lowest BCUT2D eigenvalue weighted by Crippen LogP contribution is -2.12. The van der Waals surface area contributed by atoms with Crippen molar-refractivity contribution in [3.63, 3.8) is 0 Å². The zero-order valence-electron chi connectivity index (χ0n) is 7.35. The third kappa shape index (κ3) is 2.77. The first-order valence-corrected chi connectivity index (χ1v) is 3.84. The molecule has 0 saturated carbocycles. The normalized spacial score (nSPS) is 9.17. The second-order valence-electron chi connectivity index (χ2n) is 2.38. The summed E-state index contributed by atoms with van der Waals surface area (Å²) in [5.41, 5.74) is 0. The van der Waals surface area contributed by atoms with Gasteiger partial charge in [0.15, 0.2) is 5.89 Å². The molecule has 0 radical (unpaired) electrons. The summed E-state index contributed by atoms with van der Waals surface area (Å²) in [6, 6.07) is 0. The van der Waals surface area contributed by atoms with Crippen molar-refractivity contribution in [3.05, 3.63) is 17.8 Å². The predicted molar refractivity (Wildman–Crippen MR) is 46.4 cm³/mol. The van der Waals surface area contributed by atoms with Crippen molar-refractivity contribution in [2.75, 3.05) is 6.54 Å². The van der Waals surface area contributed by atoms with E-state index in [-0.39, 0.29) is 0 Å². The lowest BCUT2D eigenvalue weighted by Gasteiger charge is -1.94. The smallest absolute Gasteiger partial charge is 0.191 e. The Kier molecular flexibility index (Phi) is 3.36. The van der Waals surface area contributed by atoms with Gasteiger partial charge in [0.1, 0.15) is 5.76 Å². The van der Waals surface area contributed by atoms with Crippen molar-refractivity contribution in [1.82, 2.24) is 10.3 Å². The second kappa shape index (κ2) is 4.58. The van der Waals surface area contributed by atoms with Gasteiger partial charge in [-0.15, -0.1) is 5.92 Å². The van der Waals surface area contributed by atoms with Gasteiger partial charge in [0.05, 0.1) is 19.3 Å². The fourth-order valence-electron chi connectivity index (χ4n) is 0.824. The molecule has 1 rings (SSSR count). The quantitative estimate of drug-likeness (QED) is 0.537. The third-order valence-corrected chi connectivity index (χ3v) is 1.36. The fourth-order valence-corrected chi connectivity index (χ4v) is 0.824. The van der Waals surface area contributed by atoms with Crippen molar-refractivity contribution < 1.29 is 4.42 Å². The molecule has 0 aliphatic carbocycles. The van der Waals surface area contributed by atoms with Crippen LogP contribution in [0.3, 0.4) is 0 Å². The van der Waals surface area contributed by atoms with Gasteiger partial charge in [0.2, 0.25) is 0 Å². The van der Waals surface area contributed by atoms with Crippen LogP contribution in [0.1, 0.15) is 18.6 Å². The van der Waals surface area contributed by atoms with Crippen LogP contribution in [0.4, 0.5) is 0 Å². The van der Waals surface area contributed by atoms with Gasteiger partial charge in [0.25, 0.3) is 0 Å². The molecule has 0 aliphatic rings. The van der Waals surface area contributed by atoms with E-state index in [0.29, 0.717) is 19.0 Å². The zero-order chi connectivity index (χ0) is 8.81. The summed E-state index contributed by atoms with van der Waals surface area (Å²) in [5.74, 6) is 7.26. The Morgan fingerprint density at radius 1 is 1.67 bits per heavy atom. The van der Waals surface area contributed by atoms with Gasteiger partial charge in [0, 0.05) is 6.92 Å². The van der Waals surface area contributed by atoms with Gasteiger partial charge >= 0.3 is 0 Å². The maximum atomic E-state index is 5.24. The lowest BCUT2D eigenvalue weighted by atomic mass is 10.5. The molecule has 0 unspecified atom stereocenters. The van der Waals surface area contributed by atoms with E-state index in [1.54, 1.807) is 6.20 Å². The molecule has 0 saturated heterocycles. The summed E-state index contributed by atoms with van der Waals surface area (Å²) >= 11 is 0. The number of aryl methyl sites for hydroxylation is 1. The summed E-state index contributed by atoms with van der Waals surface area (Å²) in [6.07, 6.45) is 1.72. The fraction of sp³-hybridized carbons (Fsp3) is 0.444. The van der Waals surface area contributed by atoms with Crippen LogP contribution >= 0.6 is 0 Å². The highest BCUT2D eigenvalue weighted by molar-refractivity contribution is 4.98. The Balaban J connectivity index is 2.27. The first kappa shape index (κ1) is 8.82. The average molecular weight is 164 g/mol. The average Bonchev–Trinajstić information content (AvgIpc) is 2.45. The number of nitrogens with zero attached hydrogens (tertiary/aromatic N) is 1. The molecule has 1 N–H and O–H groups in total. The number of aromatic nitrogens is 1. The molecule has 12 heavy (non-hydrogen) atoms. The number of oxazole rings is 1. The SMILES string of the molecule is CC#CCNCc1cnc(C)o1. The number of rotatable bonds is 3. The maximum absolute atomic E-state index is 5.24. The van der Waals surface area contributed by atoms with E-state index in [0.717, 1.165) is 5.76 Å². The molecule has 0 amide bonds. The van der Waals surface area contributed by atoms with Crippen LogP contribution in [0.15, 0.2) is 10.6 Å². The predicted octanol–water partition coefficient (Wildman–Crippen LogP) is 1.10. The Hall–Kier alpha value is -1.27. The molecule has 64 valence electrons. The second-order valence-corrected chi connectivity index (χ2v) is 2.38. The summed E-state index contributed by atoms with van der Waals surface area (Å²) in [7, 11) is 0. The minimum atomic E-state index is 0.690. The van der Waals surface area contributed by atoms with Crippen molar-refractivity contribution in [2.45, 2.75) is 20.4 Å². The summed E-state index contributed by atoms with van der Waals surface area (Å²) in [6.45, 7) is 5.03. The van der Waals surface area contributed by atoms with Crippen LogP contribution < -0.4 is 5.32 Å². The number of nitrogens with one attached hydrogen (secondary N) is 1. The minimum Gasteiger partial charge on any atom is -0.445 e. The van der Waals surface area contributed by atoms with Gasteiger partial charge in [-0.3, -0.25) is 5.32 Å². The summed E-state index contributed by atoms with van der Waals surface area (Å²) in [5, 5.41) is 3.11. The molecule has 1 heterocycles. The first-order valence-electron chi connectivity index (χ1n) is 3.84. The molecule has 0 bridgehead atoms. The van der Waals surface area contributed by atoms with Crippen LogP contribution in [-0.2, 0) is 6.54 Å². The summed E-state index contributed by atoms with van der Waals surface area (Å²) < 4.78 is 5.24. The third-order valence-electron chi connectivity index (χ3n) is 1.36. The van der Waals surface area contributed by atoms with Gasteiger partial charge in [-0.25, -0.2) is 4.98 Å². The Bertz CT molecular complexity index is 293. The highest BCUT2D eigenvalue weighted by Gasteiger charge is 1.96. The van der Waals surface area contributed by atoms with E-state index >= 15 is 0 Å². The number of hydrogen-bond donors (Lipinski definition) is 1. The van der Waals surface area contributed by atoms with E-state index in [2.05, 4.69) is 22.1 Å². The highest BCUT2D eigenvalue weighted by atomic mass is 16.4. The molecule has 0 aliphatic heterocycles. The molecule has 1 aromatic rings.